The van der Waals surface area contributed by atoms with E-state index in [1.807, 2.05) is 45.0 Å². The first-order chi connectivity index (χ1) is 9.78. The highest BCUT2D eigenvalue weighted by molar-refractivity contribution is 5.90. The maximum Gasteiger partial charge on any atom is 0.414 e. The number of para-hydroxylation sites is 1. The van der Waals surface area contributed by atoms with Crippen molar-refractivity contribution in [2.45, 2.75) is 45.1 Å². The van der Waals surface area contributed by atoms with Crippen molar-refractivity contribution in [2.75, 3.05) is 11.4 Å². The fourth-order valence-corrected chi connectivity index (χ4v) is 2.57. The molecular formula is C16H21NO4. The molecule has 1 amide bonds. The summed E-state index contributed by atoms with van der Waals surface area (Å²) in [5.74, 6) is -0.877. The summed E-state index contributed by atoms with van der Waals surface area (Å²) >= 11 is 0. The third-order valence-electron chi connectivity index (χ3n) is 3.40. The van der Waals surface area contributed by atoms with Crippen LogP contribution >= 0.6 is 0 Å². The molecule has 1 aliphatic heterocycles. The summed E-state index contributed by atoms with van der Waals surface area (Å²) in [5.41, 5.74) is 1.10. The van der Waals surface area contributed by atoms with Crippen molar-refractivity contribution in [3.05, 3.63) is 29.8 Å². The second-order valence-corrected chi connectivity index (χ2v) is 6.27. The molecule has 0 spiro atoms. The highest BCUT2D eigenvalue weighted by atomic mass is 16.6. The van der Waals surface area contributed by atoms with E-state index in [1.54, 1.807) is 4.90 Å². The van der Waals surface area contributed by atoms with Crippen molar-refractivity contribution in [3.8, 4) is 0 Å². The molecule has 5 nitrogen and oxygen atoms in total. The molecule has 21 heavy (non-hydrogen) atoms. The number of carbonyl (C=O) groups excluding carboxylic acids is 1. The predicted octanol–water partition coefficient (Wildman–Crippen LogP) is 3.39. The fourth-order valence-electron chi connectivity index (χ4n) is 2.57. The van der Waals surface area contributed by atoms with Gasteiger partial charge >= 0.3 is 12.1 Å². The third-order valence-corrected chi connectivity index (χ3v) is 3.40. The first kappa shape index (κ1) is 15.4. The standard InChI is InChI=1S/C16H21NO4/c1-16(2,3)21-15(20)17-9-8-11(10-14(18)19)12-6-4-5-7-13(12)17/h4-7,11H,8-10H2,1-3H3,(H,18,19). The number of fused-ring (bicyclic) bond motifs is 1. The van der Waals surface area contributed by atoms with E-state index in [-0.39, 0.29) is 18.4 Å². The van der Waals surface area contributed by atoms with Crippen LogP contribution in [0.25, 0.3) is 0 Å². The lowest BCUT2D eigenvalue weighted by molar-refractivity contribution is -0.137. The minimum absolute atomic E-state index is 0.0580. The minimum atomic E-state index is -0.819. The van der Waals surface area contributed by atoms with Crippen LogP contribution in [0.5, 0.6) is 0 Å². The first-order valence-electron chi connectivity index (χ1n) is 7.09. The van der Waals surface area contributed by atoms with Gasteiger partial charge in [-0.15, -0.1) is 0 Å². The highest BCUT2D eigenvalue weighted by Gasteiger charge is 2.32. The average molecular weight is 291 g/mol. The van der Waals surface area contributed by atoms with Gasteiger partial charge in [0.15, 0.2) is 0 Å². The number of amides is 1. The molecule has 1 aromatic carbocycles. The Hall–Kier alpha value is -2.04. The minimum Gasteiger partial charge on any atom is -0.481 e. The normalized spacial score (nSPS) is 18.0. The van der Waals surface area contributed by atoms with Crippen LogP contribution in [-0.4, -0.2) is 29.3 Å². The van der Waals surface area contributed by atoms with Gasteiger partial charge in [-0.05, 0) is 44.7 Å². The van der Waals surface area contributed by atoms with E-state index in [1.165, 1.54) is 0 Å². The Labute approximate surface area is 124 Å². The van der Waals surface area contributed by atoms with Gasteiger partial charge in [0.1, 0.15) is 5.60 Å². The lowest BCUT2D eigenvalue weighted by atomic mass is 9.87. The Morgan fingerprint density at radius 3 is 2.62 bits per heavy atom. The summed E-state index contributed by atoms with van der Waals surface area (Å²) in [5, 5.41) is 9.01. The van der Waals surface area contributed by atoms with Crippen molar-refractivity contribution >= 4 is 17.7 Å². The molecule has 0 saturated carbocycles. The van der Waals surface area contributed by atoms with E-state index >= 15 is 0 Å². The molecule has 1 heterocycles. The summed E-state index contributed by atoms with van der Waals surface area (Å²) in [4.78, 5) is 24.9. The van der Waals surface area contributed by atoms with E-state index < -0.39 is 11.6 Å². The molecule has 1 aromatic rings. The number of carboxylic acids is 1. The zero-order chi connectivity index (χ0) is 15.6. The Morgan fingerprint density at radius 2 is 2.00 bits per heavy atom. The van der Waals surface area contributed by atoms with Crippen LogP contribution in [0.15, 0.2) is 24.3 Å². The summed E-state index contributed by atoms with van der Waals surface area (Å²) in [6, 6.07) is 7.44. The molecule has 114 valence electrons. The molecule has 0 fully saturated rings. The maximum absolute atomic E-state index is 12.3. The largest absolute Gasteiger partial charge is 0.481 e. The van der Waals surface area contributed by atoms with Crippen LogP contribution in [-0.2, 0) is 9.53 Å². The monoisotopic (exact) mass is 291 g/mol. The zero-order valence-electron chi connectivity index (χ0n) is 12.6. The van der Waals surface area contributed by atoms with Gasteiger partial charge in [0.25, 0.3) is 0 Å². The molecule has 2 rings (SSSR count). The number of carboxylic acid groups (broad SMARTS) is 1. The Balaban J connectivity index is 2.27. The summed E-state index contributed by atoms with van der Waals surface area (Å²) in [6.45, 7) is 5.96. The second-order valence-electron chi connectivity index (χ2n) is 6.27. The molecule has 0 aromatic heterocycles. The summed E-state index contributed by atoms with van der Waals surface area (Å²) < 4.78 is 5.42. The van der Waals surface area contributed by atoms with E-state index in [0.717, 1.165) is 11.3 Å². The molecule has 5 heteroatoms. The van der Waals surface area contributed by atoms with E-state index in [0.29, 0.717) is 13.0 Å². The average Bonchev–Trinajstić information content (AvgIpc) is 2.36. The second kappa shape index (κ2) is 5.76. The van der Waals surface area contributed by atoms with Gasteiger partial charge in [-0.25, -0.2) is 4.79 Å². The van der Waals surface area contributed by atoms with E-state index in [9.17, 15) is 9.59 Å². The molecule has 1 unspecified atom stereocenters. The summed E-state index contributed by atoms with van der Waals surface area (Å²) in [7, 11) is 0. The van der Waals surface area contributed by atoms with Crippen LogP contribution in [0.1, 0.15) is 45.1 Å². The molecule has 0 aliphatic carbocycles. The topological polar surface area (TPSA) is 66.8 Å². The number of benzene rings is 1. The van der Waals surface area contributed by atoms with Crippen LogP contribution in [0.4, 0.5) is 10.5 Å². The van der Waals surface area contributed by atoms with Crippen molar-refractivity contribution in [1.29, 1.82) is 0 Å². The van der Waals surface area contributed by atoms with Crippen molar-refractivity contribution in [1.82, 2.24) is 0 Å². The Morgan fingerprint density at radius 1 is 1.33 bits per heavy atom. The number of ether oxygens (including phenoxy) is 1. The SMILES string of the molecule is CC(C)(C)OC(=O)N1CCC(CC(=O)O)c2ccccc21. The van der Waals surface area contributed by atoms with Gasteiger partial charge in [0, 0.05) is 6.54 Å². The van der Waals surface area contributed by atoms with Crippen LogP contribution in [0.2, 0.25) is 0 Å². The lowest BCUT2D eigenvalue weighted by Gasteiger charge is -2.34. The molecular weight excluding hydrogens is 270 g/mol. The number of rotatable bonds is 2. The van der Waals surface area contributed by atoms with Gasteiger partial charge in [0.05, 0.1) is 12.1 Å². The lowest BCUT2D eigenvalue weighted by Crippen LogP contribution is -2.40. The molecule has 1 aliphatic rings. The van der Waals surface area contributed by atoms with Crippen LogP contribution in [0, 0.1) is 0 Å². The number of hydrogen-bond donors (Lipinski definition) is 1. The van der Waals surface area contributed by atoms with E-state index in [4.69, 9.17) is 9.84 Å². The Bertz CT molecular complexity index is 547. The molecule has 0 saturated heterocycles. The quantitative estimate of drug-likeness (QED) is 0.907. The van der Waals surface area contributed by atoms with Gasteiger partial charge in [-0.1, -0.05) is 18.2 Å². The number of carbonyl (C=O) groups is 2. The maximum atomic E-state index is 12.3. The Kier molecular flexibility index (Phi) is 4.21. The third kappa shape index (κ3) is 3.74. The van der Waals surface area contributed by atoms with E-state index in [2.05, 4.69) is 0 Å². The molecule has 0 bridgehead atoms. The van der Waals surface area contributed by atoms with Gasteiger partial charge < -0.3 is 9.84 Å². The molecule has 1 atom stereocenters. The van der Waals surface area contributed by atoms with Gasteiger partial charge in [0.2, 0.25) is 0 Å². The fraction of sp³-hybridized carbons (Fsp3) is 0.500. The van der Waals surface area contributed by atoms with Crippen molar-refractivity contribution in [2.24, 2.45) is 0 Å². The predicted molar refractivity (Wildman–Crippen MR) is 79.6 cm³/mol. The number of aliphatic carboxylic acids is 1. The smallest absolute Gasteiger partial charge is 0.414 e. The van der Waals surface area contributed by atoms with Crippen LogP contribution in [0.3, 0.4) is 0 Å². The van der Waals surface area contributed by atoms with Gasteiger partial charge in [-0.3, -0.25) is 9.69 Å². The van der Waals surface area contributed by atoms with Gasteiger partial charge in [-0.2, -0.15) is 0 Å². The first-order valence-corrected chi connectivity index (χ1v) is 7.09. The number of hydrogen-bond acceptors (Lipinski definition) is 3. The van der Waals surface area contributed by atoms with Crippen molar-refractivity contribution in [3.63, 3.8) is 0 Å². The van der Waals surface area contributed by atoms with Crippen molar-refractivity contribution < 1.29 is 19.4 Å². The van der Waals surface area contributed by atoms with Crippen LogP contribution < -0.4 is 4.90 Å². The highest BCUT2D eigenvalue weighted by Crippen LogP contribution is 2.37. The summed E-state index contributed by atoms with van der Waals surface area (Å²) in [6.07, 6.45) is 0.325. The molecule has 0 radical (unpaired) electrons. The zero-order valence-corrected chi connectivity index (χ0v) is 12.6. The number of anilines is 1. The number of nitrogens with zero attached hydrogens (tertiary/aromatic N) is 1. The molecule has 1 N–H and O–H groups in total.